The molecule has 132 valence electrons. The Bertz CT molecular complexity index is 903. The first-order chi connectivity index (χ1) is 12.8. The Morgan fingerprint density at radius 3 is 2.81 bits per heavy atom. The van der Waals surface area contributed by atoms with E-state index in [1.807, 2.05) is 0 Å². The maximum absolute atomic E-state index is 13.3. The number of carbonyl (C=O) groups excluding carboxylic acids is 1. The van der Waals surface area contributed by atoms with Crippen LogP contribution in [0.15, 0.2) is 48.5 Å². The van der Waals surface area contributed by atoms with Gasteiger partial charge in [0.15, 0.2) is 0 Å². The van der Waals surface area contributed by atoms with Gasteiger partial charge in [-0.2, -0.15) is 0 Å². The van der Waals surface area contributed by atoms with Crippen molar-refractivity contribution in [1.29, 1.82) is 0 Å². The lowest BCUT2D eigenvalue weighted by atomic mass is 9.93. The molecule has 0 radical (unpaired) electrons. The van der Waals surface area contributed by atoms with Gasteiger partial charge in [0.2, 0.25) is 5.91 Å². The Morgan fingerprint density at radius 2 is 1.88 bits per heavy atom. The third-order valence-corrected chi connectivity index (χ3v) is 7.13. The molecular weight excluding hydrogens is 322 g/mol. The van der Waals surface area contributed by atoms with Crippen molar-refractivity contribution in [2.75, 3.05) is 19.7 Å². The smallest absolute Gasteiger partial charge is 0.226 e. The van der Waals surface area contributed by atoms with E-state index in [0.29, 0.717) is 24.3 Å². The summed E-state index contributed by atoms with van der Waals surface area (Å²) in [7, 11) is 0. The summed E-state index contributed by atoms with van der Waals surface area (Å²) in [6, 6.07) is 17.3. The maximum atomic E-state index is 13.3. The molecule has 2 aromatic rings. The summed E-state index contributed by atoms with van der Waals surface area (Å²) in [6.07, 6.45) is 3.13. The summed E-state index contributed by atoms with van der Waals surface area (Å²) in [4.78, 5) is 15.4. The molecule has 2 aromatic carbocycles. The molecule has 1 aliphatic heterocycles. The molecule has 3 aliphatic carbocycles. The minimum absolute atomic E-state index is 0.205. The molecule has 3 nitrogen and oxygen atoms in total. The maximum Gasteiger partial charge on any atom is 0.226 e. The molecule has 1 saturated carbocycles. The van der Waals surface area contributed by atoms with Gasteiger partial charge >= 0.3 is 0 Å². The van der Waals surface area contributed by atoms with Crippen LogP contribution in [0.1, 0.15) is 34.6 Å². The summed E-state index contributed by atoms with van der Waals surface area (Å²) >= 11 is 0. The minimum Gasteiger partial charge on any atom is -0.367 e. The lowest BCUT2D eigenvalue weighted by Gasteiger charge is -2.41. The van der Waals surface area contributed by atoms with Gasteiger partial charge in [-0.3, -0.25) is 4.79 Å². The van der Waals surface area contributed by atoms with Crippen LogP contribution in [0.2, 0.25) is 0 Å². The molecule has 1 amide bonds. The number of amides is 1. The highest BCUT2D eigenvalue weighted by atomic mass is 16.5. The molecule has 1 saturated heterocycles. The van der Waals surface area contributed by atoms with Gasteiger partial charge in [0, 0.05) is 12.5 Å². The van der Waals surface area contributed by atoms with Gasteiger partial charge in [0.05, 0.1) is 13.2 Å². The van der Waals surface area contributed by atoms with E-state index in [1.165, 1.54) is 22.3 Å². The highest BCUT2D eigenvalue weighted by Crippen LogP contribution is 2.62. The van der Waals surface area contributed by atoms with Crippen LogP contribution in [-0.2, 0) is 28.0 Å². The van der Waals surface area contributed by atoms with Gasteiger partial charge < -0.3 is 9.64 Å². The predicted molar refractivity (Wildman–Crippen MR) is 98.8 cm³/mol. The van der Waals surface area contributed by atoms with E-state index in [2.05, 4.69) is 53.4 Å². The van der Waals surface area contributed by atoms with Crippen molar-refractivity contribution in [3.8, 4) is 0 Å². The van der Waals surface area contributed by atoms with Crippen LogP contribution in [0.5, 0.6) is 0 Å². The standard InChI is InChI=1S/C23H23NO2/c25-22(21-18-13-16-6-1-3-7-17(16)20(18)21)24-11-12-26-23(14-24)10-9-15-5-2-4-8-19(15)23/h1-8,18,20-21H,9-14H2. The molecule has 1 spiro atoms. The van der Waals surface area contributed by atoms with Gasteiger partial charge in [-0.15, -0.1) is 0 Å². The average molecular weight is 345 g/mol. The molecule has 4 aliphatic rings. The van der Waals surface area contributed by atoms with Crippen molar-refractivity contribution in [1.82, 2.24) is 4.90 Å². The first kappa shape index (κ1) is 15.0. The van der Waals surface area contributed by atoms with Crippen molar-refractivity contribution in [2.45, 2.75) is 30.8 Å². The number of benzene rings is 2. The van der Waals surface area contributed by atoms with Crippen LogP contribution in [0.25, 0.3) is 0 Å². The molecule has 0 bridgehead atoms. The summed E-state index contributed by atoms with van der Waals surface area (Å²) in [5.41, 5.74) is 5.30. The number of morpholine rings is 1. The van der Waals surface area contributed by atoms with E-state index in [1.54, 1.807) is 0 Å². The van der Waals surface area contributed by atoms with Crippen LogP contribution in [0.4, 0.5) is 0 Å². The molecule has 0 N–H and O–H groups in total. The Hall–Kier alpha value is -2.13. The lowest BCUT2D eigenvalue weighted by Crippen LogP contribution is -2.51. The summed E-state index contributed by atoms with van der Waals surface area (Å²) < 4.78 is 6.29. The van der Waals surface area contributed by atoms with E-state index in [-0.39, 0.29) is 11.5 Å². The van der Waals surface area contributed by atoms with E-state index in [4.69, 9.17) is 4.74 Å². The van der Waals surface area contributed by atoms with Crippen LogP contribution in [0.3, 0.4) is 0 Å². The highest BCUT2D eigenvalue weighted by Gasteiger charge is 2.60. The first-order valence-corrected chi connectivity index (χ1v) is 9.86. The number of ether oxygens (including phenoxy) is 1. The van der Waals surface area contributed by atoms with Crippen molar-refractivity contribution >= 4 is 5.91 Å². The molecule has 1 heterocycles. The second kappa shape index (κ2) is 5.20. The Balaban J connectivity index is 1.25. The molecule has 4 unspecified atom stereocenters. The van der Waals surface area contributed by atoms with Crippen LogP contribution in [0, 0.1) is 11.8 Å². The van der Waals surface area contributed by atoms with Gasteiger partial charge in [0.1, 0.15) is 5.60 Å². The highest BCUT2D eigenvalue weighted by molar-refractivity contribution is 5.85. The quantitative estimate of drug-likeness (QED) is 0.794. The number of fused-ring (bicyclic) bond motifs is 5. The molecule has 3 heteroatoms. The monoisotopic (exact) mass is 345 g/mol. The van der Waals surface area contributed by atoms with Gasteiger partial charge in [0.25, 0.3) is 0 Å². The fourth-order valence-electron chi connectivity index (χ4n) is 5.84. The minimum atomic E-state index is -0.271. The second-order valence-corrected chi connectivity index (χ2v) is 8.38. The largest absolute Gasteiger partial charge is 0.367 e. The second-order valence-electron chi connectivity index (χ2n) is 8.38. The molecule has 6 rings (SSSR count). The zero-order valence-electron chi connectivity index (χ0n) is 14.9. The third kappa shape index (κ3) is 1.95. The number of carbonyl (C=O) groups is 1. The lowest BCUT2D eigenvalue weighted by molar-refractivity contribution is -0.154. The zero-order chi connectivity index (χ0) is 17.3. The van der Waals surface area contributed by atoms with E-state index in [9.17, 15) is 4.79 Å². The Kier molecular flexibility index (Phi) is 3.00. The Labute approximate surface area is 154 Å². The van der Waals surface area contributed by atoms with Crippen molar-refractivity contribution in [2.24, 2.45) is 11.8 Å². The molecule has 4 atom stereocenters. The molecular formula is C23H23NO2. The first-order valence-electron chi connectivity index (χ1n) is 9.86. The molecule has 2 fully saturated rings. The predicted octanol–water partition coefficient (Wildman–Crippen LogP) is 3.27. The SMILES string of the molecule is O=C(C1C2Cc3ccccc3C21)N1CCOC2(CCc3ccccc32)C1. The normalized spacial score (nSPS) is 33.7. The summed E-state index contributed by atoms with van der Waals surface area (Å²) in [6.45, 7) is 2.11. The number of hydrogen-bond donors (Lipinski definition) is 0. The molecule has 26 heavy (non-hydrogen) atoms. The van der Waals surface area contributed by atoms with Crippen molar-refractivity contribution in [3.05, 3.63) is 70.8 Å². The van der Waals surface area contributed by atoms with Crippen molar-refractivity contribution < 1.29 is 9.53 Å². The number of aryl methyl sites for hydroxylation is 1. The molecule has 0 aromatic heterocycles. The number of rotatable bonds is 1. The van der Waals surface area contributed by atoms with Crippen LogP contribution in [-0.4, -0.2) is 30.5 Å². The summed E-state index contributed by atoms with van der Waals surface area (Å²) in [5.74, 6) is 1.57. The van der Waals surface area contributed by atoms with E-state index in [0.717, 1.165) is 32.4 Å². The third-order valence-electron chi connectivity index (χ3n) is 7.13. The topological polar surface area (TPSA) is 29.5 Å². The van der Waals surface area contributed by atoms with Gasteiger partial charge in [-0.1, -0.05) is 48.5 Å². The number of hydrogen-bond acceptors (Lipinski definition) is 2. The van der Waals surface area contributed by atoms with Gasteiger partial charge in [-0.25, -0.2) is 0 Å². The fourth-order valence-corrected chi connectivity index (χ4v) is 5.84. The fraction of sp³-hybridized carbons (Fsp3) is 0.435. The van der Waals surface area contributed by atoms with E-state index < -0.39 is 0 Å². The van der Waals surface area contributed by atoms with Crippen molar-refractivity contribution in [3.63, 3.8) is 0 Å². The zero-order valence-corrected chi connectivity index (χ0v) is 14.9. The van der Waals surface area contributed by atoms with Gasteiger partial charge in [-0.05, 0) is 53.4 Å². The number of nitrogens with zero attached hydrogens (tertiary/aromatic N) is 1. The van der Waals surface area contributed by atoms with E-state index >= 15 is 0 Å². The Morgan fingerprint density at radius 1 is 1.08 bits per heavy atom. The van der Waals surface area contributed by atoms with Crippen LogP contribution < -0.4 is 0 Å². The average Bonchev–Trinajstić information content (AvgIpc) is 3.10. The summed E-state index contributed by atoms with van der Waals surface area (Å²) in [5, 5.41) is 0. The van der Waals surface area contributed by atoms with Crippen LogP contribution >= 0.6 is 0 Å².